The lowest BCUT2D eigenvalue weighted by Gasteiger charge is -2.07. The Bertz CT molecular complexity index is 641. The maximum atomic E-state index is 12.2. The summed E-state index contributed by atoms with van der Waals surface area (Å²) >= 11 is 21.3. The van der Waals surface area contributed by atoms with Crippen LogP contribution in [0.1, 0.15) is 15.9 Å². The van der Waals surface area contributed by atoms with Gasteiger partial charge in [-0.3, -0.25) is 4.79 Å². The third-order valence-electron chi connectivity index (χ3n) is 2.61. The van der Waals surface area contributed by atoms with Gasteiger partial charge in [0, 0.05) is 26.5 Å². The smallest absolute Gasteiger partial charge is 0.168 e. The Kier molecular flexibility index (Phi) is 4.91. The molecule has 0 heterocycles. The molecule has 0 radical (unpaired) electrons. The van der Waals surface area contributed by atoms with Crippen LogP contribution >= 0.6 is 50.7 Å². The third kappa shape index (κ3) is 3.51. The fourth-order valence-corrected chi connectivity index (χ4v) is 2.64. The topological polar surface area (TPSA) is 17.1 Å². The van der Waals surface area contributed by atoms with Gasteiger partial charge in [-0.25, -0.2) is 0 Å². The molecule has 0 saturated carbocycles. The Morgan fingerprint density at radius 1 is 1.11 bits per heavy atom. The maximum absolute atomic E-state index is 12.2. The molecule has 0 N–H and O–H groups in total. The first kappa shape index (κ1) is 14.9. The van der Waals surface area contributed by atoms with Crippen LogP contribution in [0.2, 0.25) is 15.1 Å². The van der Waals surface area contributed by atoms with Crippen molar-refractivity contribution in [1.29, 1.82) is 0 Å². The van der Waals surface area contributed by atoms with E-state index in [2.05, 4.69) is 15.9 Å². The van der Waals surface area contributed by atoms with Gasteiger partial charge < -0.3 is 0 Å². The second-order valence-electron chi connectivity index (χ2n) is 3.94. The van der Waals surface area contributed by atoms with E-state index in [1.165, 1.54) is 0 Å². The molecule has 0 spiro atoms. The summed E-state index contributed by atoms with van der Waals surface area (Å²) in [6, 6.07) is 10.3. The Labute approximate surface area is 134 Å². The molecule has 2 aromatic rings. The quantitative estimate of drug-likeness (QED) is 0.614. The van der Waals surface area contributed by atoms with E-state index in [9.17, 15) is 4.79 Å². The molecule has 0 amide bonds. The zero-order valence-electron chi connectivity index (χ0n) is 9.59. The van der Waals surface area contributed by atoms with Gasteiger partial charge in [0.05, 0.1) is 5.02 Å². The molecule has 0 atom stereocenters. The van der Waals surface area contributed by atoms with Gasteiger partial charge in [0.15, 0.2) is 5.78 Å². The van der Waals surface area contributed by atoms with Crippen molar-refractivity contribution in [2.45, 2.75) is 6.42 Å². The first-order valence-corrected chi connectivity index (χ1v) is 7.33. The summed E-state index contributed by atoms with van der Waals surface area (Å²) in [6.07, 6.45) is 0.162. The average molecular weight is 378 g/mol. The second kappa shape index (κ2) is 6.27. The van der Waals surface area contributed by atoms with Gasteiger partial charge in [-0.1, -0.05) is 40.9 Å². The van der Waals surface area contributed by atoms with Crippen LogP contribution in [0.25, 0.3) is 0 Å². The summed E-state index contributed by atoms with van der Waals surface area (Å²) in [7, 11) is 0. The fourth-order valence-electron chi connectivity index (χ4n) is 1.67. The van der Waals surface area contributed by atoms with Crippen molar-refractivity contribution in [3.63, 3.8) is 0 Å². The molecule has 0 aliphatic carbocycles. The summed E-state index contributed by atoms with van der Waals surface area (Å²) in [4.78, 5) is 12.2. The minimum Gasteiger partial charge on any atom is -0.294 e. The van der Waals surface area contributed by atoms with Gasteiger partial charge in [0.1, 0.15) is 0 Å². The lowest BCUT2D eigenvalue weighted by Crippen LogP contribution is -2.05. The van der Waals surface area contributed by atoms with Crippen molar-refractivity contribution in [3.05, 3.63) is 67.1 Å². The number of hydrogen-bond donors (Lipinski definition) is 0. The minimum absolute atomic E-state index is 0.101. The normalized spacial score (nSPS) is 10.5. The van der Waals surface area contributed by atoms with Crippen molar-refractivity contribution in [1.82, 2.24) is 0 Å². The van der Waals surface area contributed by atoms with E-state index in [-0.39, 0.29) is 12.2 Å². The Hall–Kier alpha value is -0.540. The first-order valence-electron chi connectivity index (χ1n) is 5.40. The molecule has 19 heavy (non-hydrogen) atoms. The first-order chi connectivity index (χ1) is 8.99. The number of hydrogen-bond acceptors (Lipinski definition) is 1. The molecule has 0 unspecified atom stereocenters. The monoisotopic (exact) mass is 376 g/mol. The molecule has 0 bridgehead atoms. The van der Waals surface area contributed by atoms with Gasteiger partial charge in [-0.15, -0.1) is 0 Å². The number of carbonyl (C=O) groups excluding carboxylic acids is 1. The van der Waals surface area contributed by atoms with Crippen LogP contribution in [0.3, 0.4) is 0 Å². The van der Waals surface area contributed by atoms with Crippen molar-refractivity contribution in [3.8, 4) is 0 Å². The number of ketones is 1. The van der Waals surface area contributed by atoms with E-state index in [1.54, 1.807) is 36.4 Å². The Morgan fingerprint density at radius 2 is 1.84 bits per heavy atom. The lowest BCUT2D eigenvalue weighted by atomic mass is 10.0. The number of rotatable bonds is 3. The molecule has 5 heteroatoms. The SMILES string of the molecule is O=C(Cc1cc(Cl)ccc1Cl)c1cccc(Br)c1Cl. The standard InChI is InChI=1S/C14H8BrCl3O/c15-11-3-1-2-10(14(11)18)13(19)7-8-6-9(16)4-5-12(8)17/h1-6H,7H2. The molecule has 0 saturated heterocycles. The summed E-state index contributed by atoms with van der Waals surface area (Å²) in [5.41, 5.74) is 1.15. The number of benzene rings is 2. The lowest BCUT2D eigenvalue weighted by molar-refractivity contribution is 0.0993. The number of halogens is 4. The molecule has 2 aromatic carbocycles. The van der Waals surface area contributed by atoms with Crippen LogP contribution in [0.4, 0.5) is 0 Å². The van der Waals surface area contributed by atoms with E-state index in [0.29, 0.717) is 30.7 Å². The summed E-state index contributed by atoms with van der Waals surface area (Å²) in [5, 5.41) is 1.47. The van der Waals surface area contributed by atoms with Crippen LogP contribution in [0, 0.1) is 0 Å². The summed E-state index contributed by atoms with van der Waals surface area (Å²) in [6.45, 7) is 0. The maximum Gasteiger partial charge on any atom is 0.168 e. The van der Waals surface area contributed by atoms with Gasteiger partial charge in [0.25, 0.3) is 0 Å². The molecule has 0 aliphatic heterocycles. The van der Waals surface area contributed by atoms with E-state index < -0.39 is 0 Å². The largest absolute Gasteiger partial charge is 0.294 e. The van der Waals surface area contributed by atoms with Crippen molar-refractivity contribution >= 4 is 56.5 Å². The van der Waals surface area contributed by atoms with Crippen LogP contribution in [-0.2, 0) is 6.42 Å². The predicted octanol–water partition coefficient (Wildman–Crippen LogP) is 5.83. The van der Waals surface area contributed by atoms with Gasteiger partial charge in [0.2, 0.25) is 0 Å². The highest BCUT2D eigenvalue weighted by molar-refractivity contribution is 9.10. The summed E-state index contributed by atoms with van der Waals surface area (Å²) in [5.74, 6) is -0.101. The van der Waals surface area contributed by atoms with Crippen LogP contribution in [-0.4, -0.2) is 5.78 Å². The van der Waals surface area contributed by atoms with Crippen molar-refractivity contribution in [2.75, 3.05) is 0 Å². The third-order valence-corrected chi connectivity index (χ3v) is 4.51. The molecule has 0 aromatic heterocycles. The second-order valence-corrected chi connectivity index (χ2v) is 6.01. The number of carbonyl (C=O) groups is 1. The van der Waals surface area contributed by atoms with E-state index in [0.717, 1.165) is 0 Å². The molecular weight excluding hydrogens is 370 g/mol. The molecule has 2 rings (SSSR count). The predicted molar refractivity (Wildman–Crippen MR) is 83.6 cm³/mol. The number of Topliss-reactive ketones (excluding diaryl/α,β-unsaturated/α-hetero) is 1. The van der Waals surface area contributed by atoms with Crippen molar-refractivity contribution in [2.24, 2.45) is 0 Å². The Morgan fingerprint density at radius 3 is 2.58 bits per heavy atom. The van der Waals surface area contributed by atoms with Crippen LogP contribution in [0.15, 0.2) is 40.9 Å². The van der Waals surface area contributed by atoms with E-state index >= 15 is 0 Å². The van der Waals surface area contributed by atoms with Crippen LogP contribution < -0.4 is 0 Å². The average Bonchev–Trinajstić information content (AvgIpc) is 2.37. The zero-order chi connectivity index (χ0) is 14.0. The minimum atomic E-state index is -0.101. The van der Waals surface area contributed by atoms with Crippen molar-refractivity contribution < 1.29 is 4.79 Å². The van der Waals surface area contributed by atoms with Gasteiger partial charge >= 0.3 is 0 Å². The van der Waals surface area contributed by atoms with E-state index in [1.807, 2.05) is 0 Å². The van der Waals surface area contributed by atoms with E-state index in [4.69, 9.17) is 34.8 Å². The molecule has 1 nitrogen and oxygen atoms in total. The van der Waals surface area contributed by atoms with Gasteiger partial charge in [-0.05, 0) is 51.8 Å². The Balaban J connectivity index is 2.31. The van der Waals surface area contributed by atoms with Gasteiger partial charge in [-0.2, -0.15) is 0 Å². The fraction of sp³-hybridized carbons (Fsp3) is 0.0714. The van der Waals surface area contributed by atoms with Crippen LogP contribution in [0.5, 0.6) is 0 Å². The molecular formula is C14H8BrCl3O. The summed E-state index contributed by atoms with van der Waals surface area (Å²) < 4.78 is 0.692. The molecule has 0 fully saturated rings. The molecule has 0 aliphatic rings. The highest BCUT2D eigenvalue weighted by Gasteiger charge is 2.14. The highest BCUT2D eigenvalue weighted by Crippen LogP contribution is 2.28. The highest BCUT2D eigenvalue weighted by atomic mass is 79.9. The zero-order valence-corrected chi connectivity index (χ0v) is 13.4. The molecule has 98 valence electrons.